The molecular weight excluding hydrogens is 383 g/mol. The molecule has 1 fully saturated rings. The molecule has 1 heterocycles. The Balaban J connectivity index is 1.65. The van der Waals surface area contributed by atoms with E-state index < -0.39 is 0 Å². The van der Waals surface area contributed by atoms with E-state index in [-0.39, 0.29) is 11.8 Å². The summed E-state index contributed by atoms with van der Waals surface area (Å²) in [6.07, 6.45) is 1.86. The molecule has 1 saturated heterocycles. The van der Waals surface area contributed by atoms with Gasteiger partial charge in [-0.1, -0.05) is 35.3 Å². The number of piperidine rings is 1. The number of benzene rings is 2. The molecule has 2 aromatic rings. The Labute approximate surface area is 170 Å². The van der Waals surface area contributed by atoms with Crippen LogP contribution in [0, 0.1) is 12.8 Å². The van der Waals surface area contributed by atoms with Crippen LogP contribution in [0.5, 0.6) is 5.75 Å². The van der Waals surface area contributed by atoms with Gasteiger partial charge in [0.1, 0.15) is 5.75 Å². The minimum absolute atomic E-state index is 0.0332. The van der Waals surface area contributed by atoms with Crippen LogP contribution < -0.4 is 10.1 Å². The fraction of sp³-hybridized carbons (Fsp3) is 0.381. The first-order chi connectivity index (χ1) is 13.0. The van der Waals surface area contributed by atoms with Crippen molar-refractivity contribution in [1.82, 2.24) is 4.90 Å². The average molecular weight is 407 g/mol. The van der Waals surface area contributed by atoms with Crippen molar-refractivity contribution in [2.75, 3.05) is 25.5 Å². The predicted octanol–water partition coefficient (Wildman–Crippen LogP) is 5.16. The number of carbonyl (C=O) groups is 1. The summed E-state index contributed by atoms with van der Waals surface area (Å²) in [7, 11) is 1.61. The van der Waals surface area contributed by atoms with Crippen molar-refractivity contribution in [3.8, 4) is 5.75 Å². The highest BCUT2D eigenvalue weighted by molar-refractivity contribution is 6.35. The number of ether oxygens (including phenoxy) is 1. The van der Waals surface area contributed by atoms with E-state index >= 15 is 0 Å². The number of nitrogens with zero attached hydrogens (tertiary/aromatic N) is 1. The molecule has 0 aromatic heterocycles. The van der Waals surface area contributed by atoms with Crippen molar-refractivity contribution < 1.29 is 9.53 Å². The number of likely N-dealkylation sites (tertiary alicyclic amines) is 1. The van der Waals surface area contributed by atoms with Gasteiger partial charge in [0.2, 0.25) is 5.91 Å². The van der Waals surface area contributed by atoms with E-state index in [2.05, 4.69) is 10.2 Å². The van der Waals surface area contributed by atoms with E-state index in [1.54, 1.807) is 13.2 Å². The van der Waals surface area contributed by atoms with Crippen molar-refractivity contribution in [1.29, 1.82) is 0 Å². The van der Waals surface area contributed by atoms with Crippen LogP contribution in [0.3, 0.4) is 0 Å². The number of carbonyl (C=O) groups excluding carboxylic acids is 1. The minimum Gasteiger partial charge on any atom is -0.495 e. The van der Waals surface area contributed by atoms with E-state index in [1.807, 2.05) is 37.3 Å². The van der Waals surface area contributed by atoms with Crippen LogP contribution in [0.2, 0.25) is 10.0 Å². The first-order valence-electron chi connectivity index (χ1n) is 9.08. The summed E-state index contributed by atoms with van der Waals surface area (Å²) in [5, 5.41) is 4.34. The average Bonchev–Trinajstić information content (AvgIpc) is 2.64. The molecule has 1 amide bonds. The summed E-state index contributed by atoms with van der Waals surface area (Å²) >= 11 is 12.3. The lowest BCUT2D eigenvalue weighted by molar-refractivity contribution is -0.121. The van der Waals surface area contributed by atoms with Gasteiger partial charge in [-0.15, -0.1) is 0 Å². The highest BCUT2D eigenvalue weighted by Crippen LogP contribution is 2.28. The SMILES string of the molecule is COc1ccc(C)cc1NC(=O)[C@H]1CCCN(Cc2ccc(Cl)cc2Cl)C1. The number of anilines is 1. The number of halogens is 2. The van der Waals surface area contributed by atoms with Gasteiger partial charge in [-0.2, -0.15) is 0 Å². The molecule has 2 aromatic carbocycles. The van der Waals surface area contributed by atoms with Crippen LogP contribution in [0.25, 0.3) is 0 Å². The quantitative estimate of drug-likeness (QED) is 0.745. The van der Waals surface area contributed by atoms with Gasteiger partial charge in [-0.3, -0.25) is 9.69 Å². The molecular formula is C21H24Cl2N2O2. The number of hydrogen-bond donors (Lipinski definition) is 1. The normalized spacial score (nSPS) is 17.6. The largest absolute Gasteiger partial charge is 0.495 e. The number of amides is 1. The molecule has 0 bridgehead atoms. The first-order valence-corrected chi connectivity index (χ1v) is 9.83. The summed E-state index contributed by atoms with van der Waals surface area (Å²) in [4.78, 5) is 15.1. The molecule has 1 atom stereocenters. The van der Waals surface area contributed by atoms with Crippen LogP contribution in [0.4, 0.5) is 5.69 Å². The predicted molar refractivity (Wildman–Crippen MR) is 111 cm³/mol. The Kier molecular flexibility index (Phi) is 6.64. The Morgan fingerprint density at radius 1 is 1.26 bits per heavy atom. The zero-order chi connectivity index (χ0) is 19.4. The summed E-state index contributed by atoms with van der Waals surface area (Å²) in [6.45, 7) is 4.37. The molecule has 0 unspecified atom stereocenters. The molecule has 0 spiro atoms. The maximum atomic E-state index is 12.8. The number of hydrogen-bond acceptors (Lipinski definition) is 3. The highest BCUT2D eigenvalue weighted by atomic mass is 35.5. The Morgan fingerprint density at radius 2 is 2.07 bits per heavy atom. The van der Waals surface area contributed by atoms with Gasteiger partial charge in [0, 0.05) is 23.1 Å². The summed E-state index contributed by atoms with van der Waals surface area (Å²) in [5.41, 5.74) is 2.83. The van der Waals surface area contributed by atoms with Crippen molar-refractivity contribution in [2.24, 2.45) is 5.92 Å². The Hall–Kier alpha value is -1.75. The lowest BCUT2D eigenvalue weighted by Crippen LogP contribution is -2.40. The minimum atomic E-state index is -0.0601. The van der Waals surface area contributed by atoms with Gasteiger partial charge in [0.05, 0.1) is 18.7 Å². The summed E-state index contributed by atoms with van der Waals surface area (Å²) < 4.78 is 5.36. The molecule has 0 aliphatic carbocycles. The van der Waals surface area contributed by atoms with E-state index in [9.17, 15) is 4.79 Å². The zero-order valence-electron chi connectivity index (χ0n) is 15.6. The van der Waals surface area contributed by atoms with Crippen molar-refractivity contribution in [2.45, 2.75) is 26.3 Å². The molecule has 27 heavy (non-hydrogen) atoms. The van der Waals surface area contributed by atoms with E-state index in [1.165, 1.54) is 0 Å². The maximum absolute atomic E-state index is 12.8. The standard InChI is InChI=1S/C21H24Cl2N2O2/c1-14-5-8-20(27-2)19(10-14)24-21(26)16-4-3-9-25(13-16)12-15-6-7-17(22)11-18(15)23/h5-8,10-11,16H,3-4,9,12-13H2,1-2H3,(H,24,26)/t16-/m0/s1. The lowest BCUT2D eigenvalue weighted by Gasteiger charge is -2.32. The van der Waals surface area contributed by atoms with E-state index in [0.29, 0.717) is 28.9 Å². The molecule has 4 nitrogen and oxygen atoms in total. The zero-order valence-corrected chi connectivity index (χ0v) is 17.1. The third-order valence-electron chi connectivity index (χ3n) is 4.90. The van der Waals surface area contributed by atoms with Gasteiger partial charge in [0.15, 0.2) is 0 Å². The Bertz CT molecular complexity index is 826. The topological polar surface area (TPSA) is 41.6 Å². The van der Waals surface area contributed by atoms with Gasteiger partial charge >= 0.3 is 0 Å². The number of rotatable bonds is 5. The van der Waals surface area contributed by atoms with Crippen molar-refractivity contribution >= 4 is 34.8 Å². The first kappa shape index (κ1) is 20.0. The number of methoxy groups -OCH3 is 1. The molecule has 3 rings (SSSR count). The number of aryl methyl sites for hydroxylation is 1. The van der Waals surface area contributed by atoms with Crippen LogP contribution >= 0.6 is 23.2 Å². The molecule has 1 aliphatic heterocycles. The lowest BCUT2D eigenvalue weighted by atomic mass is 9.96. The Morgan fingerprint density at radius 3 is 2.81 bits per heavy atom. The van der Waals surface area contributed by atoms with Crippen LogP contribution in [-0.4, -0.2) is 31.0 Å². The second-order valence-electron chi connectivity index (χ2n) is 7.00. The fourth-order valence-corrected chi connectivity index (χ4v) is 3.93. The molecule has 1 N–H and O–H groups in total. The molecule has 0 radical (unpaired) electrons. The number of nitrogens with one attached hydrogen (secondary N) is 1. The van der Waals surface area contributed by atoms with Crippen LogP contribution in [0.1, 0.15) is 24.0 Å². The summed E-state index contributed by atoms with van der Waals surface area (Å²) in [5.74, 6) is 0.649. The van der Waals surface area contributed by atoms with Gasteiger partial charge in [-0.05, 0) is 61.7 Å². The third kappa shape index (κ3) is 5.16. The van der Waals surface area contributed by atoms with Crippen molar-refractivity contribution in [3.05, 3.63) is 57.6 Å². The molecule has 1 aliphatic rings. The van der Waals surface area contributed by atoms with Crippen LogP contribution in [0.15, 0.2) is 36.4 Å². The van der Waals surface area contributed by atoms with Crippen molar-refractivity contribution in [3.63, 3.8) is 0 Å². The van der Waals surface area contributed by atoms with E-state index in [0.717, 1.165) is 36.2 Å². The fourth-order valence-electron chi connectivity index (χ4n) is 3.46. The van der Waals surface area contributed by atoms with Crippen LogP contribution in [-0.2, 0) is 11.3 Å². The highest BCUT2D eigenvalue weighted by Gasteiger charge is 2.26. The van der Waals surface area contributed by atoms with E-state index in [4.69, 9.17) is 27.9 Å². The second-order valence-corrected chi connectivity index (χ2v) is 7.85. The monoisotopic (exact) mass is 406 g/mol. The maximum Gasteiger partial charge on any atom is 0.228 e. The third-order valence-corrected chi connectivity index (χ3v) is 5.49. The molecule has 6 heteroatoms. The van der Waals surface area contributed by atoms with Gasteiger partial charge < -0.3 is 10.1 Å². The molecule has 0 saturated carbocycles. The van der Waals surface area contributed by atoms with Gasteiger partial charge in [-0.25, -0.2) is 0 Å². The summed E-state index contributed by atoms with van der Waals surface area (Å²) in [6, 6.07) is 11.3. The smallest absolute Gasteiger partial charge is 0.228 e. The second kappa shape index (κ2) is 8.96. The van der Waals surface area contributed by atoms with Gasteiger partial charge in [0.25, 0.3) is 0 Å². The molecule has 144 valence electrons.